The molecule has 0 bridgehead atoms. The number of hydrogen-bond acceptors (Lipinski definition) is 13. The van der Waals surface area contributed by atoms with Gasteiger partial charge in [-0.1, -0.05) is 72.1 Å². The molecule has 3 unspecified atom stereocenters. The quantitative estimate of drug-likeness (QED) is 0.148. The zero-order valence-corrected chi connectivity index (χ0v) is 28.9. The van der Waals surface area contributed by atoms with E-state index in [1.165, 1.54) is 23.2 Å². The fourth-order valence-corrected chi connectivity index (χ4v) is 8.28. The molecule has 1 saturated heterocycles. The zero-order chi connectivity index (χ0) is 35.2. The number of methoxy groups -OCH3 is 1. The maximum atomic E-state index is 13.3. The van der Waals surface area contributed by atoms with Gasteiger partial charge in [0, 0.05) is 23.4 Å². The molecule has 2 aliphatic rings. The SMILES string of the molecule is COC(=O)C1(Sc2ccccc2)C[C@H](O)[C@@H](NC(=O)Cn2cc(C3CCCCC3)nn2)C(C(O)[C@H](O)COS(=O)(=O)c2ccc(C)cc2)O1. The molecule has 1 aliphatic heterocycles. The lowest BCUT2D eigenvalue weighted by Crippen LogP contribution is -2.66. The number of esters is 1. The molecular formula is C33H42N4O10S2. The third-order valence-corrected chi connectivity index (χ3v) is 11.3. The first-order valence-corrected chi connectivity index (χ1v) is 18.3. The van der Waals surface area contributed by atoms with Gasteiger partial charge in [-0.25, -0.2) is 9.48 Å². The molecule has 0 radical (unpaired) electrons. The Morgan fingerprint density at radius 2 is 1.80 bits per heavy atom. The van der Waals surface area contributed by atoms with Crippen LogP contribution in [0.5, 0.6) is 0 Å². The minimum Gasteiger partial charge on any atom is -0.466 e. The Balaban J connectivity index is 1.36. The molecule has 1 amide bonds. The van der Waals surface area contributed by atoms with E-state index in [4.69, 9.17) is 13.7 Å². The lowest BCUT2D eigenvalue weighted by atomic mass is 9.87. The van der Waals surface area contributed by atoms with Crippen LogP contribution in [0.1, 0.15) is 55.7 Å². The van der Waals surface area contributed by atoms with Crippen molar-refractivity contribution in [3.8, 4) is 0 Å². The van der Waals surface area contributed by atoms with Crippen LogP contribution in [0, 0.1) is 6.92 Å². The van der Waals surface area contributed by atoms with E-state index in [2.05, 4.69) is 15.6 Å². The molecule has 14 nitrogen and oxygen atoms in total. The van der Waals surface area contributed by atoms with E-state index in [1.807, 2.05) is 0 Å². The lowest BCUT2D eigenvalue weighted by molar-refractivity contribution is -0.206. The van der Waals surface area contributed by atoms with E-state index >= 15 is 0 Å². The van der Waals surface area contributed by atoms with Gasteiger partial charge < -0.3 is 30.1 Å². The molecule has 1 aromatic heterocycles. The molecule has 2 fully saturated rings. The van der Waals surface area contributed by atoms with Gasteiger partial charge >= 0.3 is 5.97 Å². The highest BCUT2D eigenvalue weighted by Gasteiger charge is 2.56. The first-order valence-electron chi connectivity index (χ1n) is 16.1. The van der Waals surface area contributed by atoms with Crippen LogP contribution in [-0.4, -0.2) is 99.7 Å². The topological polar surface area (TPSA) is 199 Å². The molecule has 5 rings (SSSR count). The second kappa shape index (κ2) is 16.1. The first kappa shape index (κ1) is 36.9. The van der Waals surface area contributed by atoms with Crippen LogP contribution in [0.2, 0.25) is 0 Å². The van der Waals surface area contributed by atoms with Crippen LogP contribution >= 0.6 is 11.8 Å². The lowest BCUT2D eigenvalue weighted by Gasteiger charge is -2.47. The molecule has 3 aromatic rings. The Hall–Kier alpha value is -3.38. The number of aliphatic hydroxyl groups is 3. The van der Waals surface area contributed by atoms with Crippen molar-refractivity contribution in [3.05, 3.63) is 72.1 Å². The first-order chi connectivity index (χ1) is 23.4. The summed E-state index contributed by atoms with van der Waals surface area (Å²) in [5, 5.41) is 44.9. The summed E-state index contributed by atoms with van der Waals surface area (Å²) in [6.07, 6.45) is -0.273. The molecule has 266 valence electrons. The van der Waals surface area contributed by atoms with E-state index in [0.717, 1.165) is 55.8 Å². The Labute approximate surface area is 289 Å². The molecule has 16 heteroatoms. The van der Waals surface area contributed by atoms with E-state index in [1.54, 1.807) is 55.6 Å². The highest BCUT2D eigenvalue weighted by atomic mass is 32.2. The number of thioether (sulfide) groups is 1. The molecule has 4 N–H and O–H groups in total. The normalized spacial score (nSPS) is 24.6. The van der Waals surface area contributed by atoms with Gasteiger partial charge in [-0.3, -0.25) is 8.98 Å². The Bertz CT molecular complexity index is 1670. The Morgan fingerprint density at radius 3 is 2.47 bits per heavy atom. The van der Waals surface area contributed by atoms with Gasteiger partial charge in [0.15, 0.2) is 0 Å². The number of carbonyl (C=O) groups excluding carboxylic acids is 2. The maximum absolute atomic E-state index is 13.3. The van der Waals surface area contributed by atoms with Crippen molar-refractivity contribution >= 4 is 33.8 Å². The van der Waals surface area contributed by atoms with Crippen LogP contribution in [-0.2, 0) is 39.9 Å². The fraction of sp³-hybridized carbons (Fsp3) is 0.515. The van der Waals surface area contributed by atoms with Crippen molar-refractivity contribution in [3.63, 3.8) is 0 Å². The number of rotatable bonds is 13. The van der Waals surface area contributed by atoms with Gasteiger partial charge in [-0.05, 0) is 44.0 Å². The molecule has 49 heavy (non-hydrogen) atoms. The van der Waals surface area contributed by atoms with Crippen molar-refractivity contribution in [1.82, 2.24) is 20.3 Å². The van der Waals surface area contributed by atoms with E-state index in [-0.39, 0.29) is 23.8 Å². The summed E-state index contributed by atoms with van der Waals surface area (Å²) in [5.41, 5.74) is 1.62. The number of carbonyl (C=O) groups is 2. The summed E-state index contributed by atoms with van der Waals surface area (Å²) in [6.45, 7) is 0.622. The number of benzene rings is 2. The van der Waals surface area contributed by atoms with E-state index in [0.29, 0.717) is 4.90 Å². The summed E-state index contributed by atoms with van der Waals surface area (Å²) in [5.74, 6) is -1.22. The fourth-order valence-electron chi connectivity index (χ4n) is 6.10. The molecule has 2 heterocycles. The molecule has 1 aliphatic carbocycles. The number of hydrogen-bond donors (Lipinski definition) is 4. The number of ether oxygens (including phenoxy) is 2. The summed E-state index contributed by atoms with van der Waals surface area (Å²) in [4.78, 5) is 25.1. The maximum Gasteiger partial charge on any atom is 0.349 e. The number of aromatic nitrogens is 3. The Kier molecular flexibility index (Phi) is 12.1. The van der Waals surface area contributed by atoms with Gasteiger partial charge in [0.05, 0.1) is 36.5 Å². The predicted octanol–water partition coefficient (Wildman–Crippen LogP) is 2.06. The zero-order valence-electron chi connectivity index (χ0n) is 27.3. The van der Waals surface area contributed by atoms with Crippen molar-refractivity contribution in [2.24, 2.45) is 0 Å². The molecule has 1 saturated carbocycles. The second-order valence-electron chi connectivity index (χ2n) is 12.4. The predicted molar refractivity (Wildman–Crippen MR) is 177 cm³/mol. The van der Waals surface area contributed by atoms with Crippen LogP contribution in [0.4, 0.5) is 0 Å². The molecule has 2 aromatic carbocycles. The summed E-state index contributed by atoms with van der Waals surface area (Å²) in [6, 6.07) is 13.2. The van der Waals surface area contributed by atoms with Crippen LogP contribution in [0.3, 0.4) is 0 Å². The second-order valence-corrected chi connectivity index (χ2v) is 15.3. The highest BCUT2D eigenvalue weighted by Crippen LogP contribution is 2.44. The van der Waals surface area contributed by atoms with Gasteiger partial charge in [-0.15, -0.1) is 5.10 Å². The third kappa shape index (κ3) is 9.05. The minimum absolute atomic E-state index is 0.155. The number of amides is 1. The van der Waals surface area contributed by atoms with E-state index < -0.39 is 64.0 Å². The average Bonchev–Trinajstić information content (AvgIpc) is 3.57. The summed E-state index contributed by atoms with van der Waals surface area (Å²) in [7, 11) is -3.18. The van der Waals surface area contributed by atoms with Crippen LogP contribution in [0.25, 0.3) is 0 Å². The minimum atomic E-state index is -4.33. The van der Waals surface area contributed by atoms with Gasteiger partial charge in [-0.2, -0.15) is 8.42 Å². The molecular weight excluding hydrogens is 677 g/mol. The Morgan fingerprint density at radius 1 is 1.10 bits per heavy atom. The van der Waals surface area contributed by atoms with Crippen LogP contribution in [0.15, 0.2) is 70.6 Å². The van der Waals surface area contributed by atoms with Gasteiger partial charge in [0.25, 0.3) is 10.1 Å². The number of aliphatic hydroxyl groups excluding tert-OH is 3. The monoisotopic (exact) mass is 718 g/mol. The number of nitrogens with zero attached hydrogens (tertiary/aromatic N) is 3. The van der Waals surface area contributed by atoms with Gasteiger partial charge in [0.2, 0.25) is 10.8 Å². The molecule has 6 atom stereocenters. The van der Waals surface area contributed by atoms with E-state index in [9.17, 15) is 33.3 Å². The van der Waals surface area contributed by atoms with Crippen molar-refractivity contribution in [2.45, 2.75) is 103 Å². The summed E-state index contributed by atoms with van der Waals surface area (Å²) < 4.78 is 43.3. The highest BCUT2D eigenvalue weighted by molar-refractivity contribution is 8.01. The number of nitrogens with one attached hydrogen (secondary N) is 1. The van der Waals surface area contributed by atoms with Crippen molar-refractivity contribution < 1.29 is 47.0 Å². The van der Waals surface area contributed by atoms with Crippen molar-refractivity contribution in [2.75, 3.05) is 13.7 Å². The van der Waals surface area contributed by atoms with Gasteiger partial charge in [0.1, 0.15) is 24.9 Å². The standard InChI is InChI=1S/C33H42N4O10S2/c1-21-13-15-24(16-14-21)49(43,44)46-20-27(39)30(41)31-29(34-28(40)19-37-18-25(35-36-37)22-9-5-3-6-10-22)26(38)17-33(47-31,32(42)45-2)48-23-11-7-4-8-12-23/h4,7-8,11-16,18,22,26-27,29-31,38-39,41H,3,5-6,9-10,17,19-20H2,1-2H3,(H,34,40)/t26-,27+,29+,30?,31?,33?/m0/s1. The van der Waals surface area contributed by atoms with Crippen LogP contribution < -0.4 is 5.32 Å². The largest absolute Gasteiger partial charge is 0.466 e. The summed E-state index contributed by atoms with van der Waals surface area (Å²) >= 11 is 0.925. The molecule has 0 spiro atoms. The third-order valence-electron chi connectivity index (χ3n) is 8.74. The number of aryl methyl sites for hydroxylation is 1. The average molecular weight is 719 g/mol. The smallest absolute Gasteiger partial charge is 0.349 e. The van der Waals surface area contributed by atoms with Crippen molar-refractivity contribution in [1.29, 1.82) is 0 Å².